The lowest BCUT2D eigenvalue weighted by Crippen LogP contribution is -2.18. The van der Waals surface area contributed by atoms with Crippen LogP contribution in [0.1, 0.15) is 25.3 Å². The largest absolute Gasteiger partial charge is 0.341 e. The van der Waals surface area contributed by atoms with E-state index in [9.17, 15) is 0 Å². The van der Waals surface area contributed by atoms with E-state index in [2.05, 4.69) is 89.9 Å². The van der Waals surface area contributed by atoms with Gasteiger partial charge in [-0.3, -0.25) is 0 Å². The minimum atomic E-state index is 1.07. The molecule has 0 aliphatic heterocycles. The number of aryl methyl sites for hydroxylation is 1. The van der Waals surface area contributed by atoms with E-state index in [1.807, 2.05) is 0 Å². The lowest BCUT2D eigenvalue weighted by Gasteiger charge is -2.25. The summed E-state index contributed by atoms with van der Waals surface area (Å²) in [5.74, 6) is 0. The van der Waals surface area contributed by atoms with Crippen molar-refractivity contribution in [1.82, 2.24) is 0 Å². The Bertz CT molecular complexity index is 456. The molecule has 0 radical (unpaired) electrons. The molecule has 19 heavy (non-hydrogen) atoms. The van der Waals surface area contributed by atoms with E-state index in [-0.39, 0.29) is 0 Å². The van der Waals surface area contributed by atoms with Crippen molar-refractivity contribution >= 4 is 34.0 Å². The molecule has 2 heteroatoms. The van der Waals surface area contributed by atoms with Gasteiger partial charge in [-0.25, -0.2) is 0 Å². The van der Waals surface area contributed by atoms with Gasteiger partial charge in [0, 0.05) is 21.5 Å². The lowest BCUT2D eigenvalue weighted by molar-refractivity contribution is 0.785. The molecular weight excluding hydrogens is 345 g/mol. The number of halogens is 1. The standard InChI is InChI=1S/C17H20IN/c1-3-4-13-19(16-9-5-14(2)6-10-16)17-11-7-15(18)8-12-17/h5-12H,3-4,13H2,1-2H3. The summed E-state index contributed by atoms with van der Waals surface area (Å²) < 4.78 is 1.28. The number of hydrogen-bond donors (Lipinski definition) is 0. The fraction of sp³-hybridized carbons (Fsp3) is 0.294. The number of nitrogens with zero attached hydrogens (tertiary/aromatic N) is 1. The maximum atomic E-state index is 2.40. The van der Waals surface area contributed by atoms with Crippen molar-refractivity contribution in [3.05, 3.63) is 57.7 Å². The fourth-order valence-corrected chi connectivity index (χ4v) is 2.43. The van der Waals surface area contributed by atoms with Gasteiger partial charge in [0.15, 0.2) is 0 Å². The summed E-state index contributed by atoms with van der Waals surface area (Å²) in [6, 6.07) is 17.5. The molecule has 0 atom stereocenters. The zero-order valence-electron chi connectivity index (χ0n) is 11.6. The van der Waals surface area contributed by atoms with Crippen LogP contribution in [0.15, 0.2) is 48.5 Å². The highest BCUT2D eigenvalue weighted by molar-refractivity contribution is 14.1. The molecule has 1 nitrogen and oxygen atoms in total. The van der Waals surface area contributed by atoms with Crippen molar-refractivity contribution in [2.75, 3.05) is 11.4 Å². The van der Waals surface area contributed by atoms with E-state index < -0.39 is 0 Å². The van der Waals surface area contributed by atoms with Crippen LogP contribution in [0.5, 0.6) is 0 Å². The second-order valence-corrected chi connectivity index (χ2v) is 6.06. The molecular formula is C17H20IN. The number of rotatable bonds is 5. The third-order valence-electron chi connectivity index (χ3n) is 3.22. The lowest BCUT2D eigenvalue weighted by atomic mass is 10.2. The van der Waals surface area contributed by atoms with Gasteiger partial charge < -0.3 is 4.90 Å². The van der Waals surface area contributed by atoms with Crippen LogP contribution in [-0.4, -0.2) is 6.54 Å². The van der Waals surface area contributed by atoms with Gasteiger partial charge in [-0.1, -0.05) is 31.0 Å². The van der Waals surface area contributed by atoms with Crippen LogP contribution in [0.25, 0.3) is 0 Å². The van der Waals surface area contributed by atoms with Crippen LogP contribution in [0.3, 0.4) is 0 Å². The molecule has 0 spiro atoms. The Balaban J connectivity index is 2.29. The summed E-state index contributed by atoms with van der Waals surface area (Å²) in [6.45, 7) is 5.44. The van der Waals surface area contributed by atoms with Crippen molar-refractivity contribution in [2.24, 2.45) is 0 Å². The Kier molecular flexibility index (Phi) is 5.25. The molecule has 0 aliphatic rings. The Morgan fingerprint density at radius 3 is 1.95 bits per heavy atom. The minimum Gasteiger partial charge on any atom is -0.341 e. The highest BCUT2D eigenvalue weighted by atomic mass is 127. The van der Waals surface area contributed by atoms with Gasteiger partial charge in [-0.05, 0) is 72.3 Å². The predicted molar refractivity (Wildman–Crippen MR) is 92.3 cm³/mol. The van der Waals surface area contributed by atoms with Gasteiger partial charge >= 0.3 is 0 Å². The van der Waals surface area contributed by atoms with Crippen LogP contribution in [0, 0.1) is 10.5 Å². The third kappa shape index (κ3) is 3.96. The Morgan fingerprint density at radius 1 is 0.895 bits per heavy atom. The first-order chi connectivity index (χ1) is 9.20. The van der Waals surface area contributed by atoms with Crippen LogP contribution < -0.4 is 4.90 Å². The number of benzene rings is 2. The molecule has 0 saturated carbocycles. The summed E-state index contributed by atoms with van der Waals surface area (Å²) in [7, 11) is 0. The first kappa shape index (κ1) is 14.4. The first-order valence-electron chi connectivity index (χ1n) is 6.80. The molecule has 0 saturated heterocycles. The van der Waals surface area contributed by atoms with Crippen LogP contribution in [0.4, 0.5) is 11.4 Å². The molecule has 0 fully saturated rings. The molecule has 0 amide bonds. The van der Waals surface area contributed by atoms with Crippen molar-refractivity contribution in [3.63, 3.8) is 0 Å². The molecule has 0 aliphatic carbocycles. The van der Waals surface area contributed by atoms with Gasteiger partial charge in [-0.15, -0.1) is 0 Å². The predicted octanol–water partition coefficient (Wildman–Crippen LogP) is 5.54. The molecule has 2 aromatic rings. The normalized spacial score (nSPS) is 10.5. The Morgan fingerprint density at radius 2 is 1.42 bits per heavy atom. The molecule has 100 valence electrons. The minimum absolute atomic E-state index is 1.07. The van der Waals surface area contributed by atoms with Gasteiger partial charge in [0.05, 0.1) is 0 Å². The fourth-order valence-electron chi connectivity index (χ4n) is 2.07. The Hall–Kier alpha value is -1.03. The van der Waals surface area contributed by atoms with Gasteiger partial charge in [0.25, 0.3) is 0 Å². The molecule has 0 aromatic heterocycles. The zero-order chi connectivity index (χ0) is 13.7. The molecule has 0 heterocycles. The number of unbranched alkanes of at least 4 members (excludes halogenated alkanes) is 1. The number of hydrogen-bond acceptors (Lipinski definition) is 1. The third-order valence-corrected chi connectivity index (χ3v) is 3.94. The smallest absolute Gasteiger partial charge is 0.0411 e. The molecule has 2 aromatic carbocycles. The second kappa shape index (κ2) is 6.94. The van der Waals surface area contributed by atoms with E-state index in [0.29, 0.717) is 0 Å². The van der Waals surface area contributed by atoms with Gasteiger partial charge in [-0.2, -0.15) is 0 Å². The van der Waals surface area contributed by atoms with E-state index in [0.717, 1.165) is 6.54 Å². The summed E-state index contributed by atoms with van der Waals surface area (Å²) in [6.07, 6.45) is 2.42. The van der Waals surface area contributed by atoms with Crippen LogP contribution in [-0.2, 0) is 0 Å². The maximum Gasteiger partial charge on any atom is 0.0411 e. The van der Waals surface area contributed by atoms with Crippen molar-refractivity contribution in [3.8, 4) is 0 Å². The van der Waals surface area contributed by atoms with E-state index in [1.165, 1.54) is 33.4 Å². The Labute approximate surface area is 129 Å². The quantitative estimate of drug-likeness (QED) is 0.629. The van der Waals surface area contributed by atoms with Crippen molar-refractivity contribution < 1.29 is 0 Å². The van der Waals surface area contributed by atoms with Crippen LogP contribution >= 0.6 is 22.6 Å². The first-order valence-corrected chi connectivity index (χ1v) is 7.88. The topological polar surface area (TPSA) is 3.24 Å². The average Bonchev–Trinajstić information content (AvgIpc) is 2.43. The second-order valence-electron chi connectivity index (χ2n) is 4.82. The molecule has 2 rings (SSSR count). The van der Waals surface area contributed by atoms with Gasteiger partial charge in [0.2, 0.25) is 0 Å². The summed E-state index contributed by atoms with van der Waals surface area (Å²) in [5, 5.41) is 0. The number of anilines is 2. The van der Waals surface area contributed by atoms with Crippen molar-refractivity contribution in [1.29, 1.82) is 0 Å². The zero-order valence-corrected chi connectivity index (χ0v) is 13.7. The van der Waals surface area contributed by atoms with Crippen LogP contribution in [0.2, 0.25) is 0 Å². The molecule has 0 N–H and O–H groups in total. The average molecular weight is 365 g/mol. The molecule has 0 unspecified atom stereocenters. The van der Waals surface area contributed by atoms with Gasteiger partial charge in [0.1, 0.15) is 0 Å². The highest BCUT2D eigenvalue weighted by Crippen LogP contribution is 2.26. The maximum absolute atomic E-state index is 2.40. The van der Waals surface area contributed by atoms with E-state index in [1.54, 1.807) is 0 Å². The SMILES string of the molecule is CCCCN(c1ccc(C)cc1)c1ccc(I)cc1. The summed E-state index contributed by atoms with van der Waals surface area (Å²) >= 11 is 2.35. The van der Waals surface area contributed by atoms with E-state index >= 15 is 0 Å². The summed E-state index contributed by atoms with van der Waals surface area (Å²) in [5.41, 5.74) is 3.86. The molecule has 0 bridgehead atoms. The van der Waals surface area contributed by atoms with E-state index in [4.69, 9.17) is 0 Å². The van der Waals surface area contributed by atoms with Crippen molar-refractivity contribution in [2.45, 2.75) is 26.7 Å². The monoisotopic (exact) mass is 365 g/mol. The summed E-state index contributed by atoms with van der Waals surface area (Å²) in [4.78, 5) is 2.40. The highest BCUT2D eigenvalue weighted by Gasteiger charge is 2.08.